The molecular formula is C18H15ClN4OS. The van der Waals surface area contributed by atoms with Gasteiger partial charge in [0.15, 0.2) is 5.11 Å². The minimum atomic E-state index is -0.339. The van der Waals surface area contributed by atoms with Crippen molar-refractivity contribution in [3.8, 4) is 0 Å². The van der Waals surface area contributed by atoms with Crippen molar-refractivity contribution in [1.82, 2.24) is 15.4 Å². The fourth-order valence-corrected chi connectivity index (χ4v) is 2.48. The van der Waals surface area contributed by atoms with Crippen LogP contribution in [-0.4, -0.2) is 28.1 Å². The lowest BCUT2D eigenvalue weighted by atomic mass is 10.2. The van der Waals surface area contributed by atoms with Crippen molar-refractivity contribution < 1.29 is 4.79 Å². The Morgan fingerprint density at radius 3 is 2.56 bits per heavy atom. The Morgan fingerprint density at radius 1 is 1.08 bits per heavy atom. The molecule has 0 aliphatic rings. The van der Waals surface area contributed by atoms with Gasteiger partial charge in [-0.05, 0) is 48.6 Å². The highest BCUT2D eigenvalue weighted by Gasteiger charge is 2.12. The molecule has 0 unspecified atom stereocenters. The van der Waals surface area contributed by atoms with E-state index < -0.39 is 0 Å². The number of carbonyl (C=O) groups excluding carboxylic acids is 1. The maximum Gasteiger partial charge on any atom is 0.288 e. The van der Waals surface area contributed by atoms with Crippen molar-refractivity contribution in [3.05, 3.63) is 71.4 Å². The second-order valence-electron chi connectivity index (χ2n) is 5.33. The van der Waals surface area contributed by atoms with Gasteiger partial charge in [-0.1, -0.05) is 35.9 Å². The van der Waals surface area contributed by atoms with Crippen molar-refractivity contribution in [2.45, 2.75) is 0 Å². The van der Waals surface area contributed by atoms with Gasteiger partial charge in [-0.3, -0.25) is 15.2 Å². The van der Waals surface area contributed by atoms with Crippen LogP contribution in [0.3, 0.4) is 0 Å². The van der Waals surface area contributed by atoms with Crippen LogP contribution >= 0.6 is 23.8 Å². The van der Waals surface area contributed by atoms with Gasteiger partial charge >= 0.3 is 0 Å². The van der Waals surface area contributed by atoms with Gasteiger partial charge in [0, 0.05) is 23.1 Å². The summed E-state index contributed by atoms with van der Waals surface area (Å²) in [6, 6.07) is 18.3. The van der Waals surface area contributed by atoms with Crippen molar-refractivity contribution in [2.75, 3.05) is 12.4 Å². The number of aromatic nitrogens is 1. The van der Waals surface area contributed by atoms with Crippen LogP contribution in [0, 0.1) is 0 Å². The molecule has 0 fully saturated rings. The summed E-state index contributed by atoms with van der Waals surface area (Å²) in [5, 5.41) is 6.41. The summed E-state index contributed by atoms with van der Waals surface area (Å²) in [7, 11) is 1.66. The van der Waals surface area contributed by atoms with Gasteiger partial charge in [0.2, 0.25) is 0 Å². The summed E-state index contributed by atoms with van der Waals surface area (Å²) in [6.07, 6.45) is 0. The quantitative estimate of drug-likeness (QED) is 0.530. The Morgan fingerprint density at radius 2 is 1.80 bits per heavy atom. The number of amides is 1. The van der Waals surface area contributed by atoms with Crippen LogP contribution in [0.15, 0.2) is 60.7 Å². The Kier molecular flexibility index (Phi) is 5.11. The van der Waals surface area contributed by atoms with E-state index in [9.17, 15) is 4.79 Å². The number of rotatable bonds is 2. The molecular weight excluding hydrogens is 356 g/mol. The number of hydrogen-bond donors (Lipinski definition) is 2. The highest BCUT2D eigenvalue weighted by Crippen LogP contribution is 2.14. The summed E-state index contributed by atoms with van der Waals surface area (Å²) >= 11 is 11.1. The molecule has 0 saturated heterocycles. The molecule has 25 heavy (non-hydrogen) atoms. The second kappa shape index (κ2) is 7.46. The number of hydrazine groups is 1. The molecule has 0 aliphatic heterocycles. The first-order valence-electron chi connectivity index (χ1n) is 7.50. The zero-order chi connectivity index (χ0) is 17.8. The lowest BCUT2D eigenvalue weighted by Crippen LogP contribution is -2.45. The summed E-state index contributed by atoms with van der Waals surface area (Å²) in [5.74, 6) is -0.339. The fourth-order valence-electron chi connectivity index (χ4n) is 2.19. The maximum atomic E-state index is 12.4. The molecule has 126 valence electrons. The number of carbonyl (C=O) groups is 1. The van der Waals surface area contributed by atoms with Crippen molar-refractivity contribution >= 4 is 51.4 Å². The Bertz CT molecular complexity index is 930. The molecule has 0 bridgehead atoms. The smallest absolute Gasteiger partial charge is 0.288 e. The molecule has 2 N–H and O–H groups in total. The van der Waals surface area contributed by atoms with Gasteiger partial charge in [0.25, 0.3) is 5.91 Å². The van der Waals surface area contributed by atoms with E-state index in [2.05, 4.69) is 15.7 Å². The summed E-state index contributed by atoms with van der Waals surface area (Å²) in [4.78, 5) is 16.7. The number of nitrogens with one attached hydrogen (secondary N) is 2. The van der Waals surface area contributed by atoms with Crippen molar-refractivity contribution in [1.29, 1.82) is 0 Å². The highest BCUT2D eigenvalue weighted by molar-refractivity contribution is 7.80. The zero-order valence-electron chi connectivity index (χ0n) is 13.4. The molecule has 2 aromatic carbocycles. The molecule has 0 radical (unpaired) electrons. The number of para-hydroxylation sites is 1. The van der Waals surface area contributed by atoms with Crippen molar-refractivity contribution in [2.24, 2.45) is 0 Å². The van der Waals surface area contributed by atoms with Crippen LogP contribution in [0.1, 0.15) is 10.5 Å². The Hall–Kier alpha value is -2.70. The SMILES string of the molecule is CN(NC(=O)c1ccc2ccccc2n1)C(=S)Nc1ccc(Cl)cc1. The fraction of sp³-hybridized carbons (Fsp3) is 0.0556. The maximum absolute atomic E-state index is 12.4. The number of pyridine rings is 1. The average Bonchev–Trinajstić information content (AvgIpc) is 2.63. The number of thiocarbonyl (C=S) groups is 1. The standard InChI is InChI=1S/C18H15ClN4OS/c1-23(18(25)20-14-9-7-13(19)8-10-14)22-17(24)16-11-6-12-4-2-3-5-15(12)21-16/h2-11H,1H3,(H,20,25)(H,22,24). The first-order valence-corrected chi connectivity index (χ1v) is 8.28. The topological polar surface area (TPSA) is 57.3 Å². The number of anilines is 1. The minimum absolute atomic E-state index is 0.319. The van der Waals surface area contributed by atoms with Crippen LogP contribution in [-0.2, 0) is 0 Å². The third-order valence-electron chi connectivity index (χ3n) is 3.50. The summed E-state index contributed by atoms with van der Waals surface area (Å²) in [6.45, 7) is 0. The van der Waals surface area contributed by atoms with Gasteiger partial charge in [-0.15, -0.1) is 0 Å². The van der Waals surface area contributed by atoms with Crippen LogP contribution < -0.4 is 10.7 Å². The first-order chi connectivity index (χ1) is 12.0. The predicted molar refractivity (Wildman–Crippen MR) is 105 cm³/mol. The lowest BCUT2D eigenvalue weighted by Gasteiger charge is -2.21. The minimum Gasteiger partial charge on any atom is -0.331 e. The van der Waals surface area contributed by atoms with Gasteiger partial charge < -0.3 is 5.32 Å². The molecule has 0 aliphatic carbocycles. The average molecular weight is 371 g/mol. The van der Waals surface area contributed by atoms with E-state index in [0.29, 0.717) is 15.8 Å². The number of halogens is 1. The summed E-state index contributed by atoms with van der Waals surface area (Å²) < 4.78 is 0. The predicted octanol–water partition coefficient (Wildman–Crippen LogP) is 3.86. The van der Waals surface area contributed by atoms with Gasteiger partial charge in [0.1, 0.15) is 5.69 Å². The summed E-state index contributed by atoms with van der Waals surface area (Å²) in [5.41, 5.74) is 4.55. The van der Waals surface area contributed by atoms with E-state index >= 15 is 0 Å². The Balaban J connectivity index is 1.66. The molecule has 0 spiro atoms. The van der Waals surface area contributed by atoms with Gasteiger partial charge in [-0.25, -0.2) is 4.98 Å². The molecule has 1 amide bonds. The normalized spacial score (nSPS) is 10.3. The molecule has 7 heteroatoms. The van der Waals surface area contributed by atoms with E-state index in [1.54, 1.807) is 37.4 Å². The number of hydrogen-bond acceptors (Lipinski definition) is 3. The van der Waals surface area contributed by atoms with E-state index in [4.69, 9.17) is 23.8 Å². The van der Waals surface area contributed by atoms with Gasteiger partial charge in [0.05, 0.1) is 5.52 Å². The zero-order valence-corrected chi connectivity index (χ0v) is 14.9. The third kappa shape index (κ3) is 4.23. The molecule has 0 atom stereocenters. The first kappa shape index (κ1) is 17.1. The van der Waals surface area contributed by atoms with Crippen LogP contribution in [0.4, 0.5) is 5.69 Å². The molecule has 0 saturated carbocycles. The van der Waals surface area contributed by atoms with E-state index in [0.717, 1.165) is 16.6 Å². The number of benzene rings is 2. The van der Waals surface area contributed by atoms with Crippen LogP contribution in [0.25, 0.3) is 10.9 Å². The molecule has 3 aromatic rings. The van der Waals surface area contributed by atoms with E-state index in [1.165, 1.54) is 5.01 Å². The van der Waals surface area contributed by atoms with Crippen LogP contribution in [0.5, 0.6) is 0 Å². The largest absolute Gasteiger partial charge is 0.331 e. The molecule has 5 nitrogen and oxygen atoms in total. The lowest BCUT2D eigenvalue weighted by molar-refractivity contribution is 0.0883. The van der Waals surface area contributed by atoms with Crippen molar-refractivity contribution in [3.63, 3.8) is 0 Å². The van der Waals surface area contributed by atoms with E-state index in [-0.39, 0.29) is 5.91 Å². The van der Waals surface area contributed by atoms with Crippen LogP contribution in [0.2, 0.25) is 5.02 Å². The third-order valence-corrected chi connectivity index (χ3v) is 4.13. The molecule has 1 aromatic heterocycles. The van der Waals surface area contributed by atoms with E-state index in [1.807, 2.05) is 30.3 Å². The monoisotopic (exact) mass is 370 g/mol. The molecule has 3 rings (SSSR count). The Labute approximate surface area is 155 Å². The number of fused-ring (bicyclic) bond motifs is 1. The highest BCUT2D eigenvalue weighted by atomic mass is 35.5. The number of nitrogens with zero attached hydrogens (tertiary/aromatic N) is 2. The molecule has 1 heterocycles. The second-order valence-corrected chi connectivity index (χ2v) is 6.15. The van der Waals surface area contributed by atoms with Gasteiger partial charge in [-0.2, -0.15) is 0 Å².